The number of benzene rings is 1. The lowest BCUT2D eigenvalue weighted by Crippen LogP contribution is -2.25. The third kappa shape index (κ3) is 3.64. The zero-order chi connectivity index (χ0) is 15.2. The van der Waals surface area contributed by atoms with Gasteiger partial charge in [0, 0.05) is 12.6 Å². The fraction of sp³-hybridized carbons (Fsp3) is 0.214. The molecule has 0 saturated carbocycles. The molecule has 7 heteroatoms. The quantitative estimate of drug-likeness (QED) is 0.792. The van der Waals surface area contributed by atoms with Gasteiger partial charge in [0.15, 0.2) is 5.82 Å². The number of aromatic nitrogens is 3. The minimum absolute atomic E-state index is 0.109. The number of aliphatic hydroxyl groups excluding tert-OH is 1. The maximum atomic E-state index is 13.7. The predicted molar refractivity (Wildman–Crippen MR) is 72.5 cm³/mol. The number of aliphatic hydroxyl groups is 1. The van der Waals surface area contributed by atoms with E-state index in [9.17, 15) is 9.18 Å². The van der Waals surface area contributed by atoms with Crippen LogP contribution in [-0.4, -0.2) is 32.4 Å². The standard InChI is InChI=1S/C14H13FN4O2/c1-19-9-17-18-13(19)8-16-14(21)11-7-10(3-2-6-20)4-5-12(11)15/h4-5,7,9,20H,6,8H2,1H3,(H,16,21). The van der Waals surface area contributed by atoms with Crippen molar-refractivity contribution < 1.29 is 14.3 Å². The molecule has 0 fully saturated rings. The molecule has 1 aromatic heterocycles. The van der Waals surface area contributed by atoms with Gasteiger partial charge in [0.2, 0.25) is 0 Å². The Morgan fingerprint density at radius 3 is 3.00 bits per heavy atom. The Kier molecular flexibility index (Phi) is 4.64. The van der Waals surface area contributed by atoms with E-state index in [1.807, 2.05) is 0 Å². The van der Waals surface area contributed by atoms with Crippen LogP contribution in [0.3, 0.4) is 0 Å². The Bertz CT molecular complexity index is 715. The number of amides is 1. The summed E-state index contributed by atoms with van der Waals surface area (Å²) in [5, 5.41) is 18.7. The molecule has 1 heterocycles. The summed E-state index contributed by atoms with van der Waals surface area (Å²) in [6.45, 7) is -0.160. The van der Waals surface area contributed by atoms with Crippen molar-refractivity contribution in [1.82, 2.24) is 20.1 Å². The smallest absolute Gasteiger partial charge is 0.254 e. The van der Waals surface area contributed by atoms with Crippen LogP contribution >= 0.6 is 0 Å². The van der Waals surface area contributed by atoms with Crippen molar-refractivity contribution in [2.45, 2.75) is 6.54 Å². The van der Waals surface area contributed by atoms with E-state index in [1.54, 1.807) is 11.6 Å². The molecular formula is C14H13FN4O2. The highest BCUT2D eigenvalue weighted by Crippen LogP contribution is 2.10. The van der Waals surface area contributed by atoms with Gasteiger partial charge in [-0.05, 0) is 18.2 Å². The Balaban J connectivity index is 2.13. The molecule has 0 spiro atoms. The third-order valence-electron chi connectivity index (χ3n) is 2.73. The average molecular weight is 288 g/mol. The van der Waals surface area contributed by atoms with Crippen LogP contribution in [0.1, 0.15) is 21.7 Å². The first-order valence-electron chi connectivity index (χ1n) is 6.12. The number of hydrogen-bond acceptors (Lipinski definition) is 4. The first-order valence-corrected chi connectivity index (χ1v) is 6.12. The van der Waals surface area contributed by atoms with Gasteiger partial charge in [-0.3, -0.25) is 4.79 Å². The number of aryl methyl sites for hydroxylation is 1. The molecule has 0 aliphatic carbocycles. The number of halogens is 1. The molecule has 21 heavy (non-hydrogen) atoms. The normalized spacial score (nSPS) is 9.86. The molecule has 0 atom stereocenters. The van der Waals surface area contributed by atoms with Crippen molar-refractivity contribution in [3.8, 4) is 11.8 Å². The molecule has 0 radical (unpaired) electrons. The highest BCUT2D eigenvalue weighted by Gasteiger charge is 2.13. The molecule has 0 aliphatic heterocycles. The minimum Gasteiger partial charge on any atom is -0.384 e. The fourth-order valence-corrected chi connectivity index (χ4v) is 1.64. The lowest BCUT2D eigenvalue weighted by molar-refractivity contribution is 0.0945. The molecule has 108 valence electrons. The van der Waals surface area contributed by atoms with Crippen molar-refractivity contribution in [1.29, 1.82) is 0 Å². The molecule has 1 aromatic carbocycles. The lowest BCUT2D eigenvalue weighted by atomic mass is 10.1. The molecule has 0 unspecified atom stereocenters. The second kappa shape index (κ2) is 6.63. The number of nitrogens with one attached hydrogen (secondary N) is 1. The number of rotatable bonds is 3. The lowest BCUT2D eigenvalue weighted by Gasteiger charge is -2.06. The summed E-state index contributed by atoms with van der Waals surface area (Å²) < 4.78 is 15.3. The van der Waals surface area contributed by atoms with Gasteiger partial charge in [-0.25, -0.2) is 4.39 Å². The average Bonchev–Trinajstić information content (AvgIpc) is 2.89. The summed E-state index contributed by atoms with van der Waals surface area (Å²) in [5.74, 6) is 4.41. The summed E-state index contributed by atoms with van der Waals surface area (Å²) in [4.78, 5) is 12.0. The zero-order valence-electron chi connectivity index (χ0n) is 11.3. The maximum Gasteiger partial charge on any atom is 0.254 e. The van der Waals surface area contributed by atoms with Crippen molar-refractivity contribution >= 4 is 5.91 Å². The molecule has 2 rings (SSSR count). The van der Waals surface area contributed by atoms with Crippen LogP contribution in [0.15, 0.2) is 24.5 Å². The molecular weight excluding hydrogens is 275 g/mol. The number of nitrogens with zero attached hydrogens (tertiary/aromatic N) is 3. The monoisotopic (exact) mass is 288 g/mol. The highest BCUT2D eigenvalue weighted by molar-refractivity contribution is 5.94. The van der Waals surface area contributed by atoms with E-state index in [0.29, 0.717) is 11.4 Å². The molecule has 1 amide bonds. The van der Waals surface area contributed by atoms with E-state index >= 15 is 0 Å². The van der Waals surface area contributed by atoms with Gasteiger partial charge in [-0.1, -0.05) is 11.8 Å². The van der Waals surface area contributed by atoms with Crippen LogP contribution in [0.5, 0.6) is 0 Å². The zero-order valence-corrected chi connectivity index (χ0v) is 11.3. The highest BCUT2D eigenvalue weighted by atomic mass is 19.1. The van der Waals surface area contributed by atoms with Crippen LogP contribution in [0, 0.1) is 17.7 Å². The summed E-state index contributed by atoms with van der Waals surface area (Å²) >= 11 is 0. The van der Waals surface area contributed by atoms with Crippen LogP contribution in [0.25, 0.3) is 0 Å². The summed E-state index contributed by atoms with van der Waals surface area (Å²) in [7, 11) is 1.74. The minimum atomic E-state index is -0.639. The Morgan fingerprint density at radius 2 is 2.33 bits per heavy atom. The second-order valence-corrected chi connectivity index (χ2v) is 4.20. The van der Waals surface area contributed by atoms with Gasteiger partial charge >= 0.3 is 0 Å². The van der Waals surface area contributed by atoms with Crippen molar-refractivity contribution in [3.63, 3.8) is 0 Å². The van der Waals surface area contributed by atoms with Gasteiger partial charge < -0.3 is 15.0 Å². The van der Waals surface area contributed by atoms with Crippen molar-refractivity contribution in [2.75, 3.05) is 6.61 Å². The third-order valence-corrected chi connectivity index (χ3v) is 2.73. The Labute approximate surface area is 120 Å². The molecule has 0 aliphatic rings. The predicted octanol–water partition coefficient (Wildman–Crippen LogP) is 0.228. The van der Waals surface area contributed by atoms with E-state index in [-0.39, 0.29) is 18.7 Å². The van der Waals surface area contributed by atoms with Crippen molar-refractivity contribution in [2.24, 2.45) is 7.05 Å². The second-order valence-electron chi connectivity index (χ2n) is 4.20. The molecule has 2 aromatic rings. The van der Waals surface area contributed by atoms with Crippen molar-refractivity contribution in [3.05, 3.63) is 47.3 Å². The summed E-state index contributed by atoms with van der Waals surface area (Å²) in [6, 6.07) is 3.94. The maximum absolute atomic E-state index is 13.7. The number of carbonyl (C=O) groups excluding carboxylic acids is 1. The topological polar surface area (TPSA) is 80.0 Å². The van der Waals surface area contributed by atoms with Gasteiger partial charge in [-0.15, -0.1) is 10.2 Å². The first-order chi connectivity index (χ1) is 10.1. The van der Waals surface area contributed by atoms with E-state index in [4.69, 9.17) is 5.11 Å². The van der Waals surface area contributed by atoms with Crippen LogP contribution < -0.4 is 5.32 Å². The van der Waals surface area contributed by atoms with Crippen LogP contribution in [0.4, 0.5) is 4.39 Å². The Hall–Kier alpha value is -2.72. The van der Waals surface area contributed by atoms with Gasteiger partial charge in [0.1, 0.15) is 18.8 Å². The molecule has 0 saturated heterocycles. The van der Waals surface area contributed by atoms with E-state index in [2.05, 4.69) is 27.4 Å². The fourth-order valence-electron chi connectivity index (χ4n) is 1.64. The Morgan fingerprint density at radius 1 is 1.52 bits per heavy atom. The van der Waals surface area contributed by atoms with E-state index in [1.165, 1.54) is 24.5 Å². The SMILES string of the molecule is Cn1cnnc1CNC(=O)c1cc(C#CCO)ccc1F. The van der Waals surface area contributed by atoms with Gasteiger partial charge in [0.05, 0.1) is 12.1 Å². The van der Waals surface area contributed by atoms with Crippen LogP contribution in [-0.2, 0) is 13.6 Å². The number of carbonyl (C=O) groups is 1. The summed E-state index contributed by atoms with van der Waals surface area (Å²) in [5.41, 5.74) is 0.344. The molecule has 0 bridgehead atoms. The summed E-state index contributed by atoms with van der Waals surface area (Å²) in [6.07, 6.45) is 1.51. The van der Waals surface area contributed by atoms with Gasteiger partial charge in [0.25, 0.3) is 5.91 Å². The molecule has 6 nitrogen and oxygen atoms in total. The van der Waals surface area contributed by atoms with Gasteiger partial charge in [-0.2, -0.15) is 0 Å². The molecule has 2 N–H and O–H groups in total. The van der Waals surface area contributed by atoms with E-state index < -0.39 is 11.7 Å². The number of hydrogen-bond donors (Lipinski definition) is 2. The first kappa shape index (κ1) is 14.7. The van der Waals surface area contributed by atoms with Crippen LogP contribution in [0.2, 0.25) is 0 Å². The van der Waals surface area contributed by atoms with E-state index in [0.717, 1.165) is 0 Å². The largest absolute Gasteiger partial charge is 0.384 e.